The fourth-order valence-electron chi connectivity index (χ4n) is 3.84. The van der Waals surface area contributed by atoms with Gasteiger partial charge < -0.3 is 10.1 Å². The summed E-state index contributed by atoms with van der Waals surface area (Å²) in [5, 5.41) is 12.1. The lowest BCUT2D eigenvalue weighted by atomic mass is 9.97. The number of imidazole rings is 1. The van der Waals surface area contributed by atoms with Gasteiger partial charge in [0.15, 0.2) is 0 Å². The first kappa shape index (κ1) is 18.4. The molecule has 6 nitrogen and oxygen atoms in total. The lowest BCUT2D eigenvalue weighted by molar-refractivity contribution is -0.137. The third-order valence-corrected chi connectivity index (χ3v) is 5.56. The molecule has 29 heavy (non-hydrogen) atoms. The number of hydrogen-bond acceptors (Lipinski definition) is 5. The van der Waals surface area contributed by atoms with E-state index in [1.54, 1.807) is 12.5 Å². The largest absolute Gasteiger partial charge is 0.416 e. The summed E-state index contributed by atoms with van der Waals surface area (Å²) < 4.78 is 46.8. The first-order valence-electron chi connectivity index (χ1n) is 9.75. The normalized spacial score (nSPS) is 18.3. The van der Waals surface area contributed by atoms with Crippen LogP contribution in [-0.4, -0.2) is 38.8 Å². The van der Waals surface area contributed by atoms with E-state index < -0.39 is 11.7 Å². The molecule has 0 unspecified atom stereocenters. The zero-order chi connectivity index (χ0) is 20.0. The summed E-state index contributed by atoms with van der Waals surface area (Å²) in [6.45, 7) is 1.40. The summed E-state index contributed by atoms with van der Waals surface area (Å²) in [6.07, 6.45) is 2.50. The fraction of sp³-hybridized carbons (Fsp3) is 0.450. The molecule has 1 aliphatic heterocycles. The van der Waals surface area contributed by atoms with Gasteiger partial charge in [-0.3, -0.25) is 4.40 Å². The van der Waals surface area contributed by atoms with Crippen molar-refractivity contribution in [2.45, 2.75) is 43.8 Å². The van der Waals surface area contributed by atoms with Crippen LogP contribution in [0.2, 0.25) is 0 Å². The Hall–Kier alpha value is -2.68. The predicted octanol–water partition coefficient (Wildman–Crippen LogP) is 4.28. The van der Waals surface area contributed by atoms with E-state index in [1.165, 1.54) is 12.1 Å². The molecule has 2 aliphatic rings. The first-order valence-corrected chi connectivity index (χ1v) is 9.75. The number of nitrogens with one attached hydrogen (secondary N) is 1. The molecule has 3 heterocycles. The van der Waals surface area contributed by atoms with Crippen LogP contribution in [0.4, 0.5) is 19.1 Å². The van der Waals surface area contributed by atoms with Gasteiger partial charge in [-0.25, -0.2) is 4.98 Å². The second kappa shape index (κ2) is 6.98. The van der Waals surface area contributed by atoms with Gasteiger partial charge in [-0.15, -0.1) is 10.2 Å². The highest BCUT2D eigenvalue weighted by molar-refractivity contribution is 5.80. The summed E-state index contributed by atoms with van der Waals surface area (Å²) in [4.78, 5) is 4.23. The molecule has 0 bridgehead atoms. The Labute approximate surface area is 165 Å². The van der Waals surface area contributed by atoms with Crippen LogP contribution in [-0.2, 0) is 10.9 Å². The van der Waals surface area contributed by atoms with Crippen LogP contribution in [0.15, 0.2) is 30.7 Å². The zero-order valence-corrected chi connectivity index (χ0v) is 15.6. The van der Waals surface area contributed by atoms with E-state index in [1.807, 2.05) is 4.40 Å². The summed E-state index contributed by atoms with van der Waals surface area (Å²) in [7, 11) is 0. The SMILES string of the molecule is FC(F)(F)c1ccc(-c2nnc(NC3CCOCC3)n3cncc23)c(C2CC2)c1. The Kier molecular flexibility index (Phi) is 4.42. The number of alkyl halides is 3. The van der Waals surface area contributed by atoms with Gasteiger partial charge >= 0.3 is 6.18 Å². The van der Waals surface area contributed by atoms with Crippen LogP contribution in [0.5, 0.6) is 0 Å². The van der Waals surface area contributed by atoms with Crippen molar-refractivity contribution in [3.05, 3.63) is 41.9 Å². The lowest BCUT2D eigenvalue weighted by Crippen LogP contribution is -2.29. The van der Waals surface area contributed by atoms with Gasteiger partial charge in [0.05, 0.1) is 17.3 Å². The van der Waals surface area contributed by atoms with Crippen LogP contribution >= 0.6 is 0 Å². The van der Waals surface area contributed by atoms with E-state index in [2.05, 4.69) is 20.5 Å². The van der Waals surface area contributed by atoms with E-state index >= 15 is 0 Å². The summed E-state index contributed by atoms with van der Waals surface area (Å²) in [6, 6.07) is 4.13. The summed E-state index contributed by atoms with van der Waals surface area (Å²) in [5.74, 6) is 0.713. The zero-order valence-electron chi connectivity index (χ0n) is 15.6. The molecule has 1 N–H and O–H groups in total. The maximum atomic E-state index is 13.2. The number of halogens is 3. The van der Waals surface area contributed by atoms with Crippen LogP contribution in [0.1, 0.15) is 42.7 Å². The third kappa shape index (κ3) is 3.55. The van der Waals surface area contributed by atoms with Gasteiger partial charge in [-0.2, -0.15) is 13.2 Å². The third-order valence-electron chi connectivity index (χ3n) is 5.56. The number of hydrogen-bond donors (Lipinski definition) is 1. The number of anilines is 1. The highest BCUT2D eigenvalue weighted by Gasteiger charge is 2.34. The molecule has 152 valence electrons. The molecule has 5 rings (SSSR count). The van der Waals surface area contributed by atoms with Gasteiger partial charge in [0.1, 0.15) is 12.0 Å². The molecule has 0 amide bonds. The van der Waals surface area contributed by atoms with Crippen molar-refractivity contribution in [2.24, 2.45) is 0 Å². The van der Waals surface area contributed by atoms with Crippen molar-refractivity contribution >= 4 is 11.5 Å². The maximum Gasteiger partial charge on any atom is 0.416 e. The topological polar surface area (TPSA) is 64.3 Å². The van der Waals surface area contributed by atoms with Crippen molar-refractivity contribution in [1.29, 1.82) is 0 Å². The molecular weight excluding hydrogens is 383 g/mol. The van der Waals surface area contributed by atoms with Gasteiger partial charge in [0.25, 0.3) is 0 Å². The second-order valence-electron chi connectivity index (χ2n) is 7.63. The molecule has 0 radical (unpaired) electrons. The van der Waals surface area contributed by atoms with Crippen molar-refractivity contribution in [1.82, 2.24) is 19.6 Å². The molecule has 1 saturated heterocycles. The van der Waals surface area contributed by atoms with E-state index in [9.17, 15) is 13.2 Å². The molecule has 2 fully saturated rings. The van der Waals surface area contributed by atoms with Crippen LogP contribution in [0.3, 0.4) is 0 Å². The Morgan fingerprint density at radius 1 is 1.07 bits per heavy atom. The molecule has 1 aliphatic carbocycles. The molecule has 0 atom stereocenters. The maximum absolute atomic E-state index is 13.2. The van der Waals surface area contributed by atoms with E-state index in [0.717, 1.165) is 37.3 Å². The fourth-order valence-corrected chi connectivity index (χ4v) is 3.84. The van der Waals surface area contributed by atoms with Gasteiger partial charge in [-0.1, -0.05) is 6.07 Å². The smallest absolute Gasteiger partial charge is 0.381 e. The molecule has 2 aromatic heterocycles. The van der Waals surface area contributed by atoms with E-state index in [4.69, 9.17) is 4.74 Å². The molecule has 0 spiro atoms. The lowest BCUT2D eigenvalue weighted by Gasteiger charge is -2.23. The van der Waals surface area contributed by atoms with Crippen LogP contribution in [0, 0.1) is 0 Å². The van der Waals surface area contributed by atoms with Crippen molar-refractivity contribution in [2.75, 3.05) is 18.5 Å². The molecule has 1 saturated carbocycles. The number of aromatic nitrogens is 4. The minimum atomic E-state index is -4.36. The first-order chi connectivity index (χ1) is 14.0. The number of nitrogens with zero attached hydrogens (tertiary/aromatic N) is 4. The molecular formula is C20H20F3N5O. The van der Waals surface area contributed by atoms with Crippen molar-refractivity contribution in [3.63, 3.8) is 0 Å². The number of ether oxygens (including phenoxy) is 1. The van der Waals surface area contributed by atoms with E-state index in [-0.39, 0.29) is 12.0 Å². The molecule has 1 aromatic carbocycles. The van der Waals surface area contributed by atoms with Crippen LogP contribution in [0.25, 0.3) is 16.8 Å². The average molecular weight is 403 g/mol. The Bertz CT molecular complexity index is 1040. The summed E-state index contributed by atoms with van der Waals surface area (Å²) >= 11 is 0. The standard InChI is InChI=1S/C20H20F3N5O/c21-20(22,23)13-3-4-15(16(9-13)12-1-2-12)18-17-10-24-11-28(17)19(27-26-18)25-14-5-7-29-8-6-14/h3-4,9-12,14H,1-2,5-8H2,(H,25,27). The van der Waals surface area contributed by atoms with Crippen molar-refractivity contribution in [3.8, 4) is 11.3 Å². The Balaban J connectivity index is 1.56. The highest BCUT2D eigenvalue weighted by atomic mass is 19.4. The average Bonchev–Trinajstić information content (AvgIpc) is 3.44. The molecule has 9 heteroatoms. The van der Waals surface area contributed by atoms with Crippen molar-refractivity contribution < 1.29 is 17.9 Å². The van der Waals surface area contributed by atoms with Crippen LogP contribution < -0.4 is 5.32 Å². The van der Waals surface area contributed by atoms with Gasteiger partial charge in [-0.05, 0) is 49.3 Å². The monoisotopic (exact) mass is 403 g/mol. The highest BCUT2D eigenvalue weighted by Crippen LogP contribution is 2.46. The summed E-state index contributed by atoms with van der Waals surface area (Å²) in [5.41, 5.74) is 2.02. The van der Waals surface area contributed by atoms with Gasteiger partial charge in [0.2, 0.25) is 5.95 Å². The number of rotatable bonds is 4. The van der Waals surface area contributed by atoms with E-state index in [0.29, 0.717) is 36.0 Å². The quantitative estimate of drug-likeness (QED) is 0.705. The minimum Gasteiger partial charge on any atom is -0.381 e. The molecule has 3 aromatic rings. The number of benzene rings is 1. The Morgan fingerprint density at radius 3 is 2.59 bits per heavy atom. The second-order valence-corrected chi connectivity index (χ2v) is 7.63. The Morgan fingerprint density at radius 2 is 1.86 bits per heavy atom. The minimum absolute atomic E-state index is 0.136. The predicted molar refractivity (Wildman–Crippen MR) is 101 cm³/mol. The van der Waals surface area contributed by atoms with Gasteiger partial charge in [0, 0.05) is 24.8 Å². The number of fused-ring (bicyclic) bond motifs is 1.